The van der Waals surface area contributed by atoms with E-state index in [0.29, 0.717) is 6.54 Å². The molecule has 0 fully saturated rings. The van der Waals surface area contributed by atoms with Gasteiger partial charge in [0.05, 0.1) is 12.8 Å². The summed E-state index contributed by atoms with van der Waals surface area (Å²) in [6.07, 6.45) is 4.69. The maximum absolute atomic E-state index is 12.2. The molecule has 0 spiro atoms. The number of amides is 1. The van der Waals surface area contributed by atoms with E-state index in [0.717, 1.165) is 28.4 Å². The number of aryl methyl sites for hydroxylation is 1. The number of rotatable bonds is 7. The number of para-hydroxylation sites is 1. The highest BCUT2D eigenvalue weighted by Gasteiger charge is 2.13. The lowest BCUT2D eigenvalue weighted by Crippen LogP contribution is -2.30. The molecule has 29 heavy (non-hydrogen) atoms. The number of benzene rings is 1. The van der Waals surface area contributed by atoms with Crippen LogP contribution in [0, 0.1) is 13.8 Å². The largest absolute Gasteiger partial charge is 0.467 e. The molecule has 0 N–H and O–H groups in total. The van der Waals surface area contributed by atoms with Crippen LogP contribution in [0.25, 0.3) is 6.08 Å². The lowest BCUT2D eigenvalue weighted by Gasteiger charge is -2.16. The van der Waals surface area contributed by atoms with Crippen molar-refractivity contribution in [1.82, 2.24) is 4.57 Å². The molecule has 3 aromatic rings. The van der Waals surface area contributed by atoms with Gasteiger partial charge in [-0.3, -0.25) is 4.79 Å². The second-order valence-electron chi connectivity index (χ2n) is 6.72. The molecule has 1 amide bonds. The third-order valence-electron chi connectivity index (χ3n) is 4.76. The van der Waals surface area contributed by atoms with Crippen LogP contribution in [0.4, 0.5) is 5.69 Å². The fraction of sp³-hybridized carbons (Fsp3) is 0.217. The van der Waals surface area contributed by atoms with E-state index in [9.17, 15) is 9.59 Å². The Bertz CT molecular complexity index is 1000. The fourth-order valence-electron chi connectivity index (χ4n) is 3.03. The number of nitrogens with zero attached hydrogens (tertiary/aromatic N) is 2. The normalized spacial score (nSPS) is 11.0. The van der Waals surface area contributed by atoms with Gasteiger partial charge in [0.15, 0.2) is 6.61 Å². The number of hydrogen-bond acceptors (Lipinski definition) is 4. The van der Waals surface area contributed by atoms with Gasteiger partial charge in [0.1, 0.15) is 5.76 Å². The predicted molar refractivity (Wildman–Crippen MR) is 112 cm³/mol. The number of carbonyl (C=O) groups is 2. The minimum atomic E-state index is -0.560. The first-order chi connectivity index (χ1) is 14.0. The maximum Gasteiger partial charge on any atom is 0.331 e. The van der Waals surface area contributed by atoms with Crippen molar-refractivity contribution in [3.63, 3.8) is 0 Å². The van der Waals surface area contributed by atoms with Gasteiger partial charge in [-0.2, -0.15) is 0 Å². The van der Waals surface area contributed by atoms with Crippen LogP contribution in [0.3, 0.4) is 0 Å². The van der Waals surface area contributed by atoms with Gasteiger partial charge < -0.3 is 18.6 Å². The Kier molecular flexibility index (Phi) is 6.34. The van der Waals surface area contributed by atoms with E-state index in [1.165, 1.54) is 11.0 Å². The quantitative estimate of drug-likeness (QED) is 0.451. The van der Waals surface area contributed by atoms with Crippen molar-refractivity contribution in [2.75, 3.05) is 18.6 Å². The molecule has 6 nitrogen and oxygen atoms in total. The number of carbonyl (C=O) groups excluding carboxylic acids is 2. The van der Waals surface area contributed by atoms with E-state index < -0.39 is 5.97 Å². The van der Waals surface area contributed by atoms with Crippen molar-refractivity contribution < 1.29 is 18.7 Å². The smallest absolute Gasteiger partial charge is 0.331 e. The molecule has 6 heteroatoms. The van der Waals surface area contributed by atoms with E-state index in [1.807, 2.05) is 62.4 Å². The standard InChI is InChI=1S/C23H24N2O4/c1-17-14-19(18(2)25(17)15-21-10-7-13-28-21)11-12-23(27)29-16-22(26)24(3)20-8-5-4-6-9-20/h4-14H,15-16H2,1-3H3/b12-11+. The highest BCUT2D eigenvalue weighted by atomic mass is 16.5. The van der Waals surface area contributed by atoms with Crippen LogP contribution in [0.1, 0.15) is 22.7 Å². The molecule has 3 rings (SSSR count). The number of esters is 1. The van der Waals surface area contributed by atoms with E-state index >= 15 is 0 Å². The van der Waals surface area contributed by atoms with Gasteiger partial charge in [-0.05, 0) is 55.8 Å². The fourth-order valence-corrected chi connectivity index (χ4v) is 3.03. The molecule has 0 aliphatic heterocycles. The molecule has 0 atom stereocenters. The van der Waals surface area contributed by atoms with E-state index in [2.05, 4.69) is 4.57 Å². The molecule has 150 valence electrons. The van der Waals surface area contributed by atoms with Crippen LogP contribution in [0.5, 0.6) is 0 Å². The van der Waals surface area contributed by atoms with Crippen LogP contribution in [0.2, 0.25) is 0 Å². The van der Waals surface area contributed by atoms with Gasteiger partial charge in [0.2, 0.25) is 0 Å². The summed E-state index contributed by atoms with van der Waals surface area (Å²) in [7, 11) is 1.65. The van der Waals surface area contributed by atoms with Crippen molar-refractivity contribution in [1.29, 1.82) is 0 Å². The molecule has 0 radical (unpaired) electrons. The van der Waals surface area contributed by atoms with Crippen molar-refractivity contribution in [3.8, 4) is 0 Å². The van der Waals surface area contributed by atoms with Crippen LogP contribution in [0.15, 0.2) is 65.3 Å². The molecule has 2 heterocycles. The summed E-state index contributed by atoms with van der Waals surface area (Å²) >= 11 is 0. The van der Waals surface area contributed by atoms with Crippen LogP contribution in [-0.4, -0.2) is 30.1 Å². The summed E-state index contributed by atoms with van der Waals surface area (Å²) in [5, 5.41) is 0. The van der Waals surface area contributed by atoms with Gasteiger partial charge in [0, 0.05) is 30.2 Å². The van der Waals surface area contributed by atoms with Crippen LogP contribution in [-0.2, 0) is 20.9 Å². The number of aromatic nitrogens is 1. The van der Waals surface area contributed by atoms with Crippen molar-refractivity contribution >= 4 is 23.6 Å². The average Bonchev–Trinajstić information content (AvgIpc) is 3.34. The van der Waals surface area contributed by atoms with Gasteiger partial charge >= 0.3 is 5.97 Å². The predicted octanol–water partition coefficient (Wildman–Crippen LogP) is 3.97. The van der Waals surface area contributed by atoms with E-state index in [-0.39, 0.29) is 12.5 Å². The first-order valence-electron chi connectivity index (χ1n) is 9.31. The van der Waals surface area contributed by atoms with E-state index in [4.69, 9.17) is 9.15 Å². The number of anilines is 1. The van der Waals surface area contributed by atoms with Crippen molar-refractivity contribution in [2.24, 2.45) is 0 Å². The molecule has 0 saturated heterocycles. The zero-order chi connectivity index (χ0) is 20.8. The second-order valence-corrected chi connectivity index (χ2v) is 6.72. The zero-order valence-electron chi connectivity index (χ0n) is 16.8. The first kappa shape index (κ1) is 20.2. The summed E-state index contributed by atoms with van der Waals surface area (Å²) in [6, 6.07) is 15.0. The van der Waals surface area contributed by atoms with Crippen LogP contribution >= 0.6 is 0 Å². The summed E-state index contributed by atoms with van der Waals surface area (Å²) in [4.78, 5) is 25.7. The van der Waals surface area contributed by atoms with Gasteiger partial charge in [-0.15, -0.1) is 0 Å². The average molecular weight is 392 g/mol. The SMILES string of the molecule is Cc1cc(/C=C/C(=O)OCC(=O)N(C)c2ccccc2)c(C)n1Cc1ccco1. The number of hydrogen-bond donors (Lipinski definition) is 0. The monoisotopic (exact) mass is 392 g/mol. The molecular weight excluding hydrogens is 368 g/mol. The topological polar surface area (TPSA) is 64.7 Å². The third-order valence-corrected chi connectivity index (χ3v) is 4.76. The molecule has 0 saturated carbocycles. The second kappa shape index (κ2) is 9.10. The molecule has 0 bridgehead atoms. The van der Waals surface area contributed by atoms with Gasteiger partial charge in [-0.25, -0.2) is 4.79 Å². The van der Waals surface area contributed by atoms with Crippen molar-refractivity contribution in [2.45, 2.75) is 20.4 Å². The molecule has 2 aromatic heterocycles. The molecule has 1 aromatic carbocycles. The Balaban J connectivity index is 1.57. The van der Waals surface area contributed by atoms with Crippen molar-refractivity contribution in [3.05, 3.63) is 83.6 Å². The molecular formula is C23H24N2O4. The molecule has 0 aliphatic carbocycles. The Morgan fingerprint density at radius 3 is 2.59 bits per heavy atom. The van der Waals surface area contributed by atoms with Crippen LogP contribution < -0.4 is 4.90 Å². The maximum atomic E-state index is 12.2. The Morgan fingerprint density at radius 2 is 1.90 bits per heavy atom. The number of furan rings is 1. The van der Waals surface area contributed by atoms with E-state index in [1.54, 1.807) is 19.4 Å². The first-order valence-corrected chi connectivity index (χ1v) is 9.31. The number of ether oxygens (including phenoxy) is 1. The lowest BCUT2D eigenvalue weighted by atomic mass is 10.2. The summed E-state index contributed by atoms with van der Waals surface area (Å²) < 4.78 is 12.6. The summed E-state index contributed by atoms with van der Waals surface area (Å²) in [6.45, 7) is 4.30. The lowest BCUT2D eigenvalue weighted by molar-refractivity contribution is -0.142. The summed E-state index contributed by atoms with van der Waals surface area (Å²) in [5.41, 5.74) is 3.74. The number of likely N-dealkylation sites (N-methyl/N-ethyl adjacent to an activating group) is 1. The minimum Gasteiger partial charge on any atom is -0.467 e. The summed E-state index contributed by atoms with van der Waals surface area (Å²) in [5.74, 6) is 0.00742. The van der Waals surface area contributed by atoms with Gasteiger partial charge in [0.25, 0.3) is 5.91 Å². The Morgan fingerprint density at radius 1 is 1.14 bits per heavy atom. The van der Waals surface area contributed by atoms with Gasteiger partial charge in [-0.1, -0.05) is 18.2 Å². The highest BCUT2D eigenvalue weighted by Crippen LogP contribution is 2.19. The molecule has 0 unspecified atom stereocenters. The zero-order valence-corrected chi connectivity index (χ0v) is 16.8. The minimum absolute atomic E-state index is 0.297. The Labute approximate surface area is 170 Å². The third kappa shape index (κ3) is 5.04. The molecule has 0 aliphatic rings. The Hall–Kier alpha value is -3.54. The highest BCUT2D eigenvalue weighted by molar-refractivity contribution is 5.96.